The zero-order valence-corrected chi connectivity index (χ0v) is 10.3. The molecule has 1 aromatic carbocycles. The van der Waals surface area contributed by atoms with Crippen LogP contribution in [-0.2, 0) is 13.2 Å². The highest BCUT2D eigenvalue weighted by molar-refractivity contribution is 5.75. The van der Waals surface area contributed by atoms with Crippen LogP contribution in [0.25, 0.3) is 11.1 Å². The lowest BCUT2D eigenvalue weighted by Crippen LogP contribution is -2.05. The number of nitrogens with two attached hydrogens (primary N) is 1. The number of aromatic nitrogens is 2. The number of hydrogen-bond acceptors (Lipinski definition) is 3. The Morgan fingerprint density at radius 2 is 1.95 bits per heavy atom. The van der Waals surface area contributed by atoms with E-state index in [9.17, 15) is 13.2 Å². The molecule has 0 radical (unpaired) electrons. The second-order valence-electron chi connectivity index (χ2n) is 4.02. The van der Waals surface area contributed by atoms with Gasteiger partial charge in [-0.15, -0.1) is 0 Å². The van der Waals surface area contributed by atoms with Gasteiger partial charge in [-0.2, -0.15) is 18.3 Å². The largest absolute Gasteiger partial charge is 0.497 e. The minimum absolute atomic E-state index is 0.119. The molecule has 0 saturated heterocycles. The molecule has 1 heterocycles. The van der Waals surface area contributed by atoms with Crippen molar-refractivity contribution >= 4 is 5.82 Å². The van der Waals surface area contributed by atoms with Gasteiger partial charge in [-0.1, -0.05) is 0 Å². The number of ether oxygens (including phenoxy) is 1. The Morgan fingerprint density at radius 1 is 1.26 bits per heavy atom. The molecule has 0 fully saturated rings. The number of halogens is 3. The molecule has 1 aromatic heterocycles. The van der Waals surface area contributed by atoms with E-state index >= 15 is 0 Å². The van der Waals surface area contributed by atoms with Crippen molar-refractivity contribution in [1.82, 2.24) is 9.78 Å². The molecule has 4 nitrogen and oxygen atoms in total. The molecule has 0 bridgehead atoms. The van der Waals surface area contributed by atoms with Crippen molar-refractivity contribution in [1.29, 1.82) is 0 Å². The zero-order chi connectivity index (χ0) is 14.2. The van der Waals surface area contributed by atoms with Gasteiger partial charge in [0.05, 0.1) is 18.9 Å². The van der Waals surface area contributed by atoms with Crippen LogP contribution in [-0.4, -0.2) is 16.9 Å². The van der Waals surface area contributed by atoms with Gasteiger partial charge >= 0.3 is 6.18 Å². The molecule has 19 heavy (non-hydrogen) atoms. The maximum Gasteiger partial charge on any atom is 0.416 e. The van der Waals surface area contributed by atoms with Crippen molar-refractivity contribution in [2.45, 2.75) is 6.18 Å². The molecule has 0 unspecified atom stereocenters. The van der Waals surface area contributed by atoms with Gasteiger partial charge in [0.2, 0.25) is 0 Å². The summed E-state index contributed by atoms with van der Waals surface area (Å²) >= 11 is 0. The van der Waals surface area contributed by atoms with Crippen LogP contribution in [0.15, 0.2) is 24.4 Å². The Morgan fingerprint density at radius 3 is 2.42 bits per heavy atom. The van der Waals surface area contributed by atoms with Crippen molar-refractivity contribution in [2.24, 2.45) is 7.05 Å². The predicted octanol–water partition coefficient (Wildman–Crippen LogP) is 2.70. The van der Waals surface area contributed by atoms with Gasteiger partial charge in [0.15, 0.2) is 0 Å². The van der Waals surface area contributed by atoms with Gasteiger partial charge < -0.3 is 10.5 Å². The summed E-state index contributed by atoms with van der Waals surface area (Å²) in [7, 11) is 2.93. The summed E-state index contributed by atoms with van der Waals surface area (Å²) in [5, 5.41) is 3.91. The maximum atomic E-state index is 12.8. The molecule has 102 valence electrons. The second kappa shape index (κ2) is 4.49. The SMILES string of the molecule is COc1cc(-c2cnn(C)c2N)cc(C(F)(F)F)c1. The first-order valence-corrected chi connectivity index (χ1v) is 5.37. The molecule has 0 atom stereocenters. The zero-order valence-electron chi connectivity index (χ0n) is 10.3. The molecule has 0 aliphatic rings. The summed E-state index contributed by atoms with van der Waals surface area (Å²) in [6.45, 7) is 0. The minimum atomic E-state index is -4.44. The molecule has 0 spiro atoms. The van der Waals surface area contributed by atoms with Gasteiger partial charge in [-0.3, -0.25) is 4.68 Å². The van der Waals surface area contributed by atoms with E-state index in [2.05, 4.69) is 5.10 Å². The number of alkyl halides is 3. The standard InChI is InChI=1S/C12H12F3N3O/c1-18-11(16)10(6-17-18)7-3-8(12(13,14)15)5-9(4-7)19-2/h3-6H,16H2,1-2H3. The molecule has 0 aliphatic carbocycles. The highest BCUT2D eigenvalue weighted by atomic mass is 19.4. The van der Waals surface area contributed by atoms with E-state index in [0.29, 0.717) is 16.9 Å². The van der Waals surface area contributed by atoms with Gasteiger partial charge in [0, 0.05) is 12.6 Å². The molecule has 7 heteroatoms. The first-order chi connectivity index (χ1) is 8.82. The lowest BCUT2D eigenvalue weighted by atomic mass is 10.0. The van der Waals surface area contributed by atoms with Gasteiger partial charge in [-0.05, 0) is 23.8 Å². The van der Waals surface area contributed by atoms with Crippen LogP contribution >= 0.6 is 0 Å². The summed E-state index contributed by atoms with van der Waals surface area (Å²) in [5.74, 6) is 0.412. The fourth-order valence-electron chi connectivity index (χ4n) is 1.71. The number of benzene rings is 1. The fourth-order valence-corrected chi connectivity index (χ4v) is 1.71. The van der Waals surface area contributed by atoms with E-state index in [4.69, 9.17) is 10.5 Å². The normalized spacial score (nSPS) is 11.6. The van der Waals surface area contributed by atoms with Crippen LogP contribution in [0.3, 0.4) is 0 Å². The van der Waals surface area contributed by atoms with Crippen LogP contribution in [0.4, 0.5) is 19.0 Å². The second-order valence-corrected chi connectivity index (χ2v) is 4.02. The molecule has 0 aliphatic heterocycles. The Kier molecular flexibility index (Phi) is 3.13. The Hall–Kier alpha value is -2.18. The van der Waals surface area contributed by atoms with Crippen molar-refractivity contribution in [3.63, 3.8) is 0 Å². The molecule has 2 aromatic rings. The molecular weight excluding hydrogens is 259 g/mol. The Bertz CT molecular complexity index is 605. The summed E-state index contributed by atoms with van der Waals surface area (Å²) in [5.41, 5.74) is 5.73. The summed E-state index contributed by atoms with van der Waals surface area (Å²) in [4.78, 5) is 0. The minimum Gasteiger partial charge on any atom is -0.497 e. The average molecular weight is 271 g/mol. The van der Waals surface area contributed by atoms with E-state index in [-0.39, 0.29) is 5.75 Å². The summed E-state index contributed by atoms with van der Waals surface area (Å²) in [6.07, 6.45) is -3.02. The van der Waals surface area contributed by atoms with E-state index in [0.717, 1.165) is 12.1 Å². The third-order valence-electron chi connectivity index (χ3n) is 2.77. The third kappa shape index (κ3) is 2.49. The van der Waals surface area contributed by atoms with Crippen LogP contribution < -0.4 is 10.5 Å². The quantitative estimate of drug-likeness (QED) is 0.913. The molecule has 0 saturated carbocycles. The molecule has 0 amide bonds. The lowest BCUT2D eigenvalue weighted by molar-refractivity contribution is -0.137. The van der Waals surface area contributed by atoms with Crippen molar-refractivity contribution in [2.75, 3.05) is 12.8 Å². The Balaban J connectivity index is 2.61. The van der Waals surface area contributed by atoms with Crippen LogP contribution in [0.1, 0.15) is 5.56 Å². The molecular formula is C12H12F3N3O. The number of anilines is 1. The van der Waals surface area contributed by atoms with Crippen molar-refractivity contribution < 1.29 is 17.9 Å². The van der Waals surface area contributed by atoms with E-state index < -0.39 is 11.7 Å². The number of methoxy groups -OCH3 is 1. The van der Waals surface area contributed by atoms with E-state index in [1.165, 1.54) is 24.1 Å². The van der Waals surface area contributed by atoms with Gasteiger partial charge in [0.25, 0.3) is 0 Å². The molecule has 2 N–H and O–H groups in total. The number of aryl methyl sites for hydroxylation is 1. The van der Waals surface area contributed by atoms with Crippen LogP contribution in [0.5, 0.6) is 5.75 Å². The monoisotopic (exact) mass is 271 g/mol. The van der Waals surface area contributed by atoms with E-state index in [1.54, 1.807) is 7.05 Å². The van der Waals surface area contributed by atoms with E-state index in [1.807, 2.05) is 0 Å². The number of hydrogen-bond donors (Lipinski definition) is 1. The van der Waals surface area contributed by atoms with Gasteiger partial charge in [-0.25, -0.2) is 0 Å². The maximum absolute atomic E-state index is 12.8. The number of nitrogen functional groups attached to an aromatic ring is 1. The van der Waals surface area contributed by atoms with Gasteiger partial charge in [0.1, 0.15) is 11.6 Å². The first-order valence-electron chi connectivity index (χ1n) is 5.37. The molecule has 2 rings (SSSR count). The first kappa shape index (κ1) is 13.3. The Labute approximate surface area is 107 Å². The van der Waals surface area contributed by atoms with Crippen molar-refractivity contribution in [3.8, 4) is 16.9 Å². The summed E-state index contributed by atoms with van der Waals surface area (Å²) < 4.78 is 44.7. The van der Waals surface area contributed by atoms with Crippen molar-refractivity contribution in [3.05, 3.63) is 30.0 Å². The summed E-state index contributed by atoms with van der Waals surface area (Å²) in [6, 6.07) is 3.45. The third-order valence-corrected chi connectivity index (χ3v) is 2.77. The fraction of sp³-hybridized carbons (Fsp3) is 0.250. The van der Waals surface area contributed by atoms with Crippen LogP contribution in [0, 0.1) is 0 Å². The average Bonchev–Trinajstić information content (AvgIpc) is 2.68. The number of nitrogens with zero attached hydrogens (tertiary/aromatic N) is 2. The lowest BCUT2D eigenvalue weighted by Gasteiger charge is -2.11. The highest BCUT2D eigenvalue weighted by Gasteiger charge is 2.31. The smallest absolute Gasteiger partial charge is 0.416 e. The number of rotatable bonds is 2. The van der Waals surface area contributed by atoms with Crippen LogP contribution in [0.2, 0.25) is 0 Å². The topological polar surface area (TPSA) is 53.1 Å². The predicted molar refractivity (Wildman–Crippen MR) is 64.6 cm³/mol. The highest BCUT2D eigenvalue weighted by Crippen LogP contribution is 2.36.